The first kappa shape index (κ1) is 44.5. The molecule has 0 aromatic heterocycles. The maximum absolute atomic E-state index is 13.2. The van der Waals surface area contributed by atoms with Crippen LogP contribution < -0.4 is 5.32 Å². The Bertz CT molecular complexity index is 1430. The first-order valence-corrected chi connectivity index (χ1v) is 17.6. The fraction of sp³-hybridized carbons (Fsp3) is 0.758. The first-order chi connectivity index (χ1) is 26.5. The van der Waals surface area contributed by atoms with E-state index >= 15 is 0 Å². The minimum absolute atomic E-state index is 0.489. The molecule has 21 atom stereocenters. The number of carbonyl (C=O) groups is 2. The van der Waals surface area contributed by atoms with Gasteiger partial charge in [0.1, 0.15) is 85.5 Å². The molecule has 0 aliphatic carbocycles. The Morgan fingerprint density at radius 3 is 1.73 bits per heavy atom. The van der Waals surface area contributed by atoms with E-state index in [2.05, 4.69) is 5.32 Å². The summed E-state index contributed by atoms with van der Waals surface area (Å²) in [5.41, 5.74) is 0.489. The second-order valence-electron chi connectivity index (χ2n) is 13.9. The van der Waals surface area contributed by atoms with E-state index in [1.54, 1.807) is 30.3 Å². The number of nitrogens with one attached hydrogen (secondary N) is 1. The molecule has 1 aromatic rings. The zero-order valence-electron chi connectivity index (χ0n) is 29.6. The van der Waals surface area contributed by atoms with Gasteiger partial charge in [0.2, 0.25) is 0 Å². The number of rotatable bonds is 13. The molecule has 4 heterocycles. The molecule has 1 aromatic carbocycles. The molecule has 5 rings (SSSR count). The van der Waals surface area contributed by atoms with Gasteiger partial charge in [-0.1, -0.05) is 30.3 Å². The van der Waals surface area contributed by atoms with Crippen molar-refractivity contribution in [1.82, 2.24) is 5.32 Å². The lowest BCUT2D eigenvalue weighted by molar-refractivity contribution is -0.361. The van der Waals surface area contributed by atoms with E-state index in [4.69, 9.17) is 33.2 Å². The van der Waals surface area contributed by atoms with Gasteiger partial charge in [-0.15, -0.1) is 0 Å². The maximum Gasteiger partial charge on any atom is 0.335 e. The van der Waals surface area contributed by atoms with Crippen molar-refractivity contribution >= 4 is 11.9 Å². The van der Waals surface area contributed by atoms with Gasteiger partial charge in [0.25, 0.3) is 5.91 Å². The van der Waals surface area contributed by atoms with E-state index in [0.717, 1.165) is 0 Å². The van der Waals surface area contributed by atoms with Crippen LogP contribution in [-0.4, -0.2) is 221 Å². The SMILES string of the molecule is CC1OC(COC2OC(CO)C(O)C(OC3OC(C(=O)N[C@@H](CO)c4ccccc4)C(O)C(O)C3O)C2O)C(O)C(OC2OC(C(=O)O)C(O)C(O)C2O)C1O. The molecule has 0 radical (unpaired) electrons. The Labute approximate surface area is 317 Å². The average molecular weight is 812 g/mol. The molecule has 0 spiro atoms. The second kappa shape index (κ2) is 19.0. The van der Waals surface area contributed by atoms with Crippen LogP contribution in [0.5, 0.6) is 0 Å². The zero-order chi connectivity index (χ0) is 41.2. The van der Waals surface area contributed by atoms with E-state index in [0.29, 0.717) is 5.56 Å². The third-order valence-corrected chi connectivity index (χ3v) is 10.1. The van der Waals surface area contributed by atoms with E-state index < -0.39 is 160 Å². The van der Waals surface area contributed by atoms with Crippen LogP contribution in [0.1, 0.15) is 18.5 Å². The van der Waals surface area contributed by atoms with Gasteiger partial charge < -0.3 is 105 Å². The minimum Gasteiger partial charge on any atom is -0.479 e. The third kappa shape index (κ3) is 9.31. The summed E-state index contributed by atoms with van der Waals surface area (Å²) in [6.45, 7) is -0.786. The first-order valence-electron chi connectivity index (χ1n) is 17.6. The highest BCUT2D eigenvalue weighted by Gasteiger charge is 2.54. The van der Waals surface area contributed by atoms with Crippen molar-refractivity contribution in [2.75, 3.05) is 19.8 Å². The molecule has 20 unspecified atom stereocenters. The summed E-state index contributed by atoms with van der Waals surface area (Å²) in [7, 11) is 0. The van der Waals surface area contributed by atoms with Gasteiger partial charge in [0.15, 0.2) is 31.1 Å². The Morgan fingerprint density at radius 1 is 0.643 bits per heavy atom. The van der Waals surface area contributed by atoms with Crippen LogP contribution >= 0.6 is 0 Å². The van der Waals surface area contributed by atoms with Crippen LogP contribution in [0.25, 0.3) is 0 Å². The van der Waals surface area contributed by atoms with Gasteiger partial charge >= 0.3 is 5.97 Å². The van der Waals surface area contributed by atoms with Crippen molar-refractivity contribution in [3.63, 3.8) is 0 Å². The summed E-state index contributed by atoms with van der Waals surface area (Å²) >= 11 is 0. The number of hydrogen-bond acceptors (Lipinski definition) is 21. The predicted octanol–water partition coefficient (Wildman–Crippen LogP) is -7.73. The molecule has 318 valence electrons. The summed E-state index contributed by atoms with van der Waals surface area (Å²) in [5, 5.41) is 138. The van der Waals surface area contributed by atoms with Crippen LogP contribution in [0.4, 0.5) is 0 Å². The zero-order valence-corrected chi connectivity index (χ0v) is 29.6. The standard InChI is InChI=1S/C33H49NO22/c1-10-15(37)25(53-33-23(45)19(41)21(43)28(56-33)30(48)49)17(39)14(51-10)9-50-31-24(46)26(16(38)13(8-36)52-31)54-32-22(44)18(40)20(42)27(55-32)29(47)34-12(7-35)11-5-3-2-4-6-11/h2-6,10,12-28,31-33,35-46H,7-9H2,1H3,(H,34,47)(H,48,49)/t10?,12-,13?,14?,15?,16?,17?,18?,19?,20?,21?,22?,23?,24?,25?,26?,27?,28?,31?,32?,33?/m0/s1. The van der Waals surface area contributed by atoms with Crippen LogP contribution in [0.15, 0.2) is 30.3 Å². The molecule has 56 heavy (non-hydrogen) atoms. The van der Waals surface area contributed by atoms with Crippen LogP contribution in [0, 0.1) is 0 Å². The van der Waals surface area contributed by atoms with Crippen molar-refractivity contribution in [2.24, 2.45) is 0 Å². The largest absolute Gasteiger partial charge is 0.479 e. The normalized spacial score (nSPS) is 45.2. The topological polar surface area (TPSA) is 374 Å². The minimum atomic E-state index is -2.07. The van der Waals surface area contributed by atoms with Gasteiger partial charge in [-0.25, -0.2) is 4.79 Å². The molecule has 1 amide bonds. The fourth-order valence-electron chi connectivity index (χ4n) is 6.78. The Kier molecular flexibility index (Phi) is 15.1. The highest BCUT2D eigenvalue weighted by molar-refractivity contribution is 5.82. The summed E-state index contributed by atoms with van der Waals surface area (Å²) in [6, 6.07) is 7.26. The number of ether oxygens (including phenoxy) is 7. The van der Waals surface area contributed by atoms with Crippen molar-refractivity contribution in [2.45, 2.75) is 136 Å². The second-order valence-corrected chi connectivity index (χ2v) is 13.9. The number of amides is 1. The third-order valence-electron chi connectivity index (χ3n) is 10.1. The molecule has 14 N–H and O–H groups in total. The van der Waals surface area contributed by atoms with Gasteiger partial charge in [0.05, 0.1) is 32.0 Å². The Hall–Kier alpha value is -2.60. The van der Waals surface area contributed by atoms with Crippen LogP contribution in [0.2, 0.25) is 0 Å². The van der Waals surface area contributed by atoms with Gasteiger partial charge in [-0.2, -0.15) is 0 Å². The average Bonchev–Trinajstić information content (AvgIpc) is 3.18. The number of aliphatic hydroxyl groups excluding tert-OH is 12. The highest BCUT2D eigenvalue weighted by Crippen LogP contribution is 2.33. The highest BCUT2D eigenvalue weighted by atomic mass is 16.7. The lowest BCUT2D eigenvalue weighted by Crippen LogP contribution is -2.66. The molecule has 0 saturated carbocycles. The summed E-state index contributed by atoms with van der Waals surface area (Å²) in [6.07, 6.45) is -37.0. The van der Waals surface area contributed by atoms with E-state index in [1.165, 1.54) is 6.92 Å². The molecular weight excluding hydrogens is 762 g/mol. The van der Waals surface area contributed by atoms with Crippen molar-refractivity contribution in [3.05, 3.63) is 35.9 Å². The smallest absolute Gasteiger partial charge is 0.335 e. The molecule has 4 aliphatic heterocycles. The quantitative estimate of drug-likeness (QED) is 0.0879. The molecule has 4 saturated heterocycles. The summed E-state index contributed by atoms with van der Waals surface area (Å²) in [5.74, 6) is -2.74. The van der Waals surface area contributed by atoms with Gasteiger partial charge in [0, 0.05) is 0 Å². The van der Waals surface area contributed by atoms with Crippen molar-refractivity contribution < 1.29 is 109 Å². The molecular formula is C33H49NO22. The molecule has 23 heteroatoms. The Morgan fingerprint density at radius 2 is 1.18 bits per heavy atom. The van der Waals surface area contributed by atoms with E-state index in [1.807, 2.05) is 0 Å². The number of aliphatic carboxylic acids is 1. The predicted molar refractivity (Wildman–Crippen MR) is 175 cm³/mol. The van der Waals surface area contributed by atoms with Crippen LogP contribution in [0.3, 0.4) is 0 Å². The Balaban J connectivity index is 1.26. The number of aliphatic hydroxyl groups is 12. The molecule has 4 fully saturated rings. The number of hydrogen-bond donors (Lipinski definition) is 14. The number of benzene rings is 1. The molecule has 0 bridgehead atoms. The molecule has 4 aliphatic rings. The lowest BCUT2D eigenvalue weighted by Gasteiger charge is -2.47. The number of carboxylic acids is 1. The van der Waals surface area contributed by atoms with Gasteiger partial charge in [-0.05, 0) is 12.5 Å². The van der Waals surface area contributed by atoms with Gasteiger partial charge in [-0.3, -0.25) is 4.79 Å². The van der Waals surface area contributed by atoms with Crippen LogP contribution in [-0.2, 0) is 42.7 Å². The number of carbonyl (C=O) groups excluding carboxylic acids is 1. The van der Waals surface area contributed by atoms with Crippen molar-refractivity contribution in [3.8, 4) is 0 Å². The van der Waals surface area contributed by atoms with E-state index in [9.17, 15) is 76.0 Å². The molecule has 23 nitrogen and oxygen atoms in total. The number of carboxylic acid groups (broad SMARTS) is 1. The van der Waals surface area contributed by atoms with E-state index in [-0.39, 0.29) is 0 Å². The summed E-state index contributed by atoms with van der Waals surface area (Å²) in [4.78, 5) is 24.7. The monoisotopic (exact) mass is 811 g/mol. The summed E-state index contributed by atoms with van der Waals surface area (Å²) < 4.78 is 38.5. The fourth-order valence-corrected chi connectivity index (χ4v) is 6.78. The maximum atomic E-state index is 13.2. The van der Waals surface area contributed by atoms with Crippen molar-refractivity contribution in [1.29, 1.82) is 0 Å². The lowest BCUT2D eigenvalue weighted by atomic mass is 9.94.